The quantitative estimate of drug-likeness (QED) is 0.616. The normalized spacial score (nSPS) is 12.0. The number of methoxy groups -OCH3 is 1. The van der Waals surface area contributed by atoms with Gasteiger partial charge < -0.3 is 9.26 Å². The average Bonchev–Trinajstić information content (AvgIpc) is 3.18. The van der Waals surface area contributed by atoms with Gasteiger partial charge in [0.25, 0.3) is 10.0 Å². The Morgan fingerprint density at radius 2 is 1.90 bits per heavy atom. The summed E-state index contributed by atoms with van der Waals surface area (Å²) in [5.74, 6) is -1.24. The molecule has 0 saturated carbocycles. The Morgan fingerprint density at radius 1 is 1.14 bits per heavy atom. The van der Waals surface area contributed by atoms with Gasteiger partial charge in [0.1, 0.15) is 16.3 Å². The van der Waals surface area contributed by atoms with E-state index in [1.165, 1.54) is 25.3 Å². The summed E-state index contributed by atoms with van der Waals surface area (Å²) in [6, 6.07) is 11.5. The van der Waals surface area contributed by atoms with E-state index < -0.39 is 22.0 Å². The minimum atomic E-state index is -4.70. The summed E-state index contributed by atoms with van der Waals surface area (Å²) >= 11 is 0. The Balaban J connectivity index is 2.01. The number of sulfonamides is 1. The molecule has 1 heterocycles. The van der Waals surface area contributed by atoms with Gasteiger partial charge in [-0.15, -0.1) is 0 Å². The van der Waals surface area contributed by atoms with E-state index in [0.29, 0.717) is 11.8 Å². The van der Waals surface area contributed by atoms with Crippen LogP contribution in [0.25, 0.3) is 11.3 Å². The molecule has 10 heteroatoms. The number of nitrogens with one attached hydrogen (secondary N) is 1. The van der Waals surface area contributed by atoms with Crippen LogP contribution in [0.3, 0.4) is 0 Å². The molecule has 0 bridgehead atoms. The fourth-order valence-electron chi connectivity index (χ4n) is 2.66. The summed E-state index contributed by atoms with van der Waals surface area (Å²) < 4.78 is 76.0. The van der Waals surface area contributed by atoms with Gasteiger partial charge in [-0.2, -0.15) is 13.2 Å². The maximum atomic E-state index is 12.9. The molecule has 6 nitrogen and oxygen atoms in total. The largest absolute Gasteiger partial charge is 0.495 e. The molecule has 0 spiro atoms. The Kier molecular flexibility index (Phi) is 5.56. The van der Waals surface area contributed by atoms with Crippen molar-refractivity contribution in [3.8, 4) is 17.0 Å². The predicted molar refractivity (Wildman–Crippen MR) is 100 cm³/mol. The standard InChI is InChI=1S/C19H17F3N2O4S/c1-3-12-5-4-6-14(9-12)24-29(25,26)17-10-13(7-8-16(17)27-2)15-11-18(28-23-15)19(20,21)22/h4-11,24H,3H2,1-2H3. The second kappa shape index (κ2) is 7.78. The highest BCUT2D eigenvalue weighted by atomic mass is 32.2. The smallest absolute Gasteiger partial charge is 0.452 e. The van der Waals surface area contributed by atoms with E-state index in [1.54, 1.807) is 18.2 Å². The van der Waals surface area contributed by atoms with E-state index in [4.69, 9.17) is 4.74 Å². The number of hydrogen-bond donors (Lipinski definition) is 1. The third kappa shape index (κ3) is 4.53. The number of anilines is 1. The van der Waals surface area contributed by atoms with Crippen molar-refractivity contribution in [1.29, 1.82) is 0 Å². The highest BCUT2D eigenvalue weighted by Gasteiger charge is 2.36. The van der Waals surface area contributed by atoms with Crippen molar-refractivity contribution in [3.63, 3.8) is 0 Å². The molecule has 0 fully saturated rings. The van der Waals surface area contributed by atoms with Gasteiger partial charge in [-0.25, -0.2) is 8.42 Å². The molecule has 0 atom stereocenters. The lowest BCUT2D eigenvalue weighted by Gasteiger charge is -2.13. The van der Waals surface area contributed by atoms with Crippen molar-refractivity contribution in [2.24, 2.45) is 0 Å². The van der Waals surface area contributed by atoms with Gasteiger partial charge in [-0.1, -0.05) is 24.2 Å². The van der Waals surface area contributed by atoms with Crippen LogP contribution in [0.2, 0.25) is 0 Å². The predicted octanol–water partition coefficient (Wildman–Crippen LogP) is 4.73. The van der Waals surface area contributed by atoms with Crippen molar-refractivity contribution in [2.45, 2.75) is 24.4 Å². The summed E-state index contributed by atoms with van der Waals surface area (Å²) in [6.07, 6.45) is -3.97. The Labute approximate surface area is 165 Å². The van der Waals surface area contributed by atoms with Gasteiger partial charge in [0.2, 0.25) is 5.76 Å². The highest BCUT2D eigenvalue weighted by molar-refractivity contribution is 7.92. The minimum Gasteiger partial charge on any atom is -0.495 e. The van der Waals surface area contributed by atoms with Crippen LogP contribution in [0.15, 0.2) is 57.9 Å². The summed E-state index contributed by atoms with van der Waals surface area (Å²) in [5.41, 5.74) is 1.28. The van der Waals surface area contributed by atoms with Gasteiger partial charge in [0.15, 0.2) is 0 Å². The van der Waals surface area contributed by atoms with Crippen LogP contribution in [0.5, 0.6) is 5.75 Å². The maximum Gasteiger partial charge on any atom is 0.452 e. The molecular formula is C19H17F3N2O4S. The summed E-state index contributed by atoms with van der Waals surface area (Å²) in [7, 11) is -2.79. The second-order valence-electron chi connectivity index (χ2n) is 6.10. The summed E-state index contributed by atoms with van der Waals surface area (Å²) in [6.45, 7) is 1.94. The van der Waals surface area contributed by atoms with E-state index >= 15 is 0 Å². The van der Waals surface area contributed by atoms with Crippen LogP contribution in [-0.4, -0.2) is 20.7 Å². The first-order valence-corrected chi connectivity index (χ1v) is 9.96. The van der Waals surface area contributed by atoms with Crippen LogP contribution in [0.4, 0.5) is 18.9 Å². The molecule has 2 aromatic carbocycles. The number of benzene rings is 2. The number of aromatic nitrogens is 1. The molecule has 29 heavy (non-hydrogen) atoms. The maximum absolute atomic E-state index is 12.9. The molecule has 1 N–H and O–H groups in total. The highest BCUT2D eigenvalue weighted by Crippen LogP contribution is 2.35. The lowest BCUT2D eigenvalue weighted by Crippen LogP contribution is -2.14. The van der Waals surface area contributed by atoms with Gasteiger partial charge in [-0.05, 0) is 42.3 Å². The van der Waals surface area contributed by atoms with Crippen molar-refractivity contribution >= 4 is 15.7 Å². The molecule has 0 saturated heterocycles. The Morgan fingerprint density at radius 3 is 2.52 bits per heavy atom. The van der Waals surface area contributed by atoms with Crippen molar-refractivity contribution in [2.75, 3.05) is 11.8 Å². The fourth-order valence-corrected chi connectivity index (χ4v) is 3.90. The zero-order valence-electron chi connectivity index (χ0n) is 15.4. The van der Waals surface area contributed by atoms with E-state index in [0.717, 1.165) is 12.0 Å². The van der Waals surface area contributed by atoms with E-state index in [1.807, 2.05) is 13.0 Å². The molecule has 0 unspecified atom stereocenters. The SMILES string of the molecule is CCc1cccc(NS(=O)(=O)c2cc(-c3cc(C(F)(F)F)on3)ccc2OC)c1. The first-order valence-electron chi connectivity index (χ1n) is 8.48. The monoisotopic (exact) mass is 426 g/mol. The zero-order chi connectivity index (χ0) is 21.2. The van der Waals surface area contributed by atoms with Crippen molar-refractivity contribution in [3.05, 3.63) is 59.9 Å². The minimum absolute atomic E-state index is 0.0347. The molecule has 3 aromatic rings. The van der Waals surface area contributed by atoms with Crippen molar-refractivity contribution < 1.29 is 30.8 Å². The van der Waals surface area contributed by atoms with Crippen LogP contribution >= 0.6 is 0 Å². The molecule has 154 valence electrons. The van der Waals surface area contributed by atoms with Gasteiger partial charge in [-0.3, -0.25) is 4.72 Å². The first-order chi connectivity index (χ1) is 13.6. The third-order valence-electron chi connectivity index (χ3n) is 4.13. The molecule has 0 aliphatic carbocycles. The van der Waals surface area contributed by atoms with Gasteiger partial charge in [0, 0.05) is 17.3 Å². The van der Waals surface area contributed by atoms with Crippen LogP contribution in [-0.2, 0) is 22.6 Å². The Bertz CT molecular complexity index is 1120. The molecule has 1 aromatic heterocycles. The zero-order valence-corrected chi connectivity index (χ0v) is 16.3. The lowest BCUT2D eigenvalue weighted by atomic mass is 10.1. The van der Waals surface area contributed by atoms with Crippen LogP contribution < -0.4 is 9.46 Å². The van der Waals surface area contributed by atoms with E-state index in [-0.39, 0.29) is 21.9 Å². The summed E-state index contributed by atoms with van der Waals surface area (Å²) in [4.78, 5) is -0.240. The average molecular weight is 426 g/mol. The second-order valence-corrected chi connectivity index (χ2v) is 7.75. The van der Waals surface area contributed by atoms with Crippen LogP contribution in [0, 0.1) is 0 Å². The topological polar surface area (TPSA) is 81.4 Å². The number of nitrogens with zero attached hydrogens (tertiary/aromatic N) is 1. The number of hydrogen-bond acceptors (Lipinski definition) is 5. The molecule has 0 aliphatic rings. The molecule has 3 rings (SSSR count). The molecule has 0 radical (unpaired) electrons. The number of ether oxygens (including phenoxy) is 1. The number of aryl methyl sites for hydroxylation is 1. The number of rotatable bonds is 6. The van der Waals surface area contributed by atoms with E-state index in [2.05, 4.69) is 14.4 Å². The molecule has 0 amide bonds. The number of alkyl halides is 3. The molecule has 0 aliphatic heterocycles. The van der Waals surface area contributed by atoms with Crippen molar-refractivity contribution in [1.82, 2.24) is 5.16 Å². The molecular weight excluding hydrogens is 409 g/mol. The number of halogens is 3. The fraction of sp³-hybridized carbons (Fsp3) is 0.211. The van der Waals surface area contributed by atoms with Gasteiger partial charge >= 0.3 is 6.18 Å². The van der Waals surface area contributed by atoms with Gasteiger partial charge in [0.05, 0.1) is 7.11 Å². The summed E-state index contributed by atoms with van der Waals surface area (Å²) in [5, 5.41) is 3.39. The lowest BCUT2D eigenvalue weighted by molar-refractivity contribution is -0.155. The first kappa shape index (κ1) is 20.7. The Hall–Kier alpha value is -3.01. The van der Waals surface area contributed by atoms with Crippen LogP contribution in [0.1, 0.15) is 18.2 Å². The van der Waals surface area contributed by atoms with E-state index in [9.17, 15) is 21.6 Å². The third-order valence-corrected chi connectivity index (χ3v) is 5.53.